The highest BCUT2D eigenvalue weighted by molar-refractivity contribution is 7.94. The van der Waals surface area contributed by atoms with Crippen LogP contribution in [0.3, 0.4) is 0 Å². The summed E-state index contributed by atoms with van der Waals surface area (Å²) in [6.45, 7) is 0. The molecule has 1 aromatic carbocycles. The molecule has 3 aromatic heterocycles. The largest absolute Gasteiger partial charge is 0.357 e. The summed E-state index contributed by atoms with van der Waals surface area (Å²) in [4.78, 5) is 17.6. The van der Waals surface area contributed by atoms with Crippen molar-refractivity contribution in [3.05, 3.63) is 58.3 Å². The maximum absolute atomic E-state index is 12.3. The number of thiophene rings is 1. The molecule has 8 heteroatoms. The molecule has 3 N–H and O–H groups in total. The van der Waals surface area contributed by atoms with Gasteiger partial charge in [0.25, 0.3) is 15.6 Å². The zero-order valence-electron chi connectivity index (χ0n) is 11.7. The van der Waals surface area contributed by atoms with Gasteiger partial charge in [-0.2, -0.15) is 0 Å². The third-order valence-electron chi connectivity index (χ3n) is 3.54. The number of nitrogens with one attached hydrogen (secondary N) is 3. The summed E-state index contributed by atoms with van der Waals surface area (Å²) in [5, 5.41) is 3.23. The third kappa shape index (κ3) is 2.32. The normalized spacial score (nSPS) is 12.0. The average Bonchev–Trinajstić information content (AvgIpc) is 3.20. The molecular formula is C15H11N3O3S2. The zero-order chi connectivity index (χ0) is 16.0. The number of hydrogen-bond donors (Lipinski definition) is 3. The van der Waals surface area contributed by atoms with E-state index in [9.17, 15) is 13.2 Å². The van der Waals surface area contributed by atoms with Crippen LogP contribution in [0.5, 0.6) is 0 Å². The van der Waals surface area contributed by atoms with Crippen molar-refractivity contribution in [2.24, 2.45) is 0 Å². The Kier molecular flexibility index (Phi) is 3.03. The number of aromatic nitrogens is 2. The molecule has 4 aromatic rings. The Morgan fingerprint density at radius 1 is 1.09 bits per heavy atom. The first-order valence-electron chi connectivity index (χ1n) is 6.74. The third-order valence-corrected chi connectivity index (χ3v) is 6.32. The van der Waals surface area contributed by atoms with Crippen LogP contribution < -0.4 is 10.3 Å². The van der Waals surface area contributed by atoms with Crippen molar-refractivity contribution in [3.8, 4) is 0 Å². The van der Waals surface area contributed by atoms with Crippen LogP contribution in [0.4, 0.5) is 5.69 Å². The molecule has 0 amide bonds. The molecule has 116 valence electrons. The highest BCUT2D eigenvalue weighted by Crippen LogP contribution is 2.26. The number of hydrogen-bond acceptors (Lipinski definition) is 4. The monoisotopic (exact) mass is 345 g/mol. The van der Waals surface area contributed by atoms with E-state index in [0.717, 1.165) is 22.1 Å². The molecule has 0 saturated carbocycles. The van der Waals surface area contributed by atoms with E-state index in [-0.39, 0.29) is 9.77 Å². The van der Waals surface area contributed by atoms with E-state index in [2.05, 4.69) is 14.7 Å². The lowest BCUT2D eigenvalue weighted by molar-refractivity contribution is 0.603. The van der Waals surface area contributed by atoms with E-state index in [1.807, 2.05) is 0 Å². The minimum absolute atomic E-state index is 0.204. The van der Waals surface area contributed by atoms with Crippen molar-refractivity contribution in [2.45, 2.75) is 4.21 Å². The number of aromatic amines is 2. The standard InChI is InChI=1S/C15H11N3O3S2/c19-15-14-10(5-6-16-14)11-8-9(3-4-12(11)17-15)18-23(20,21)13-2-1-7-22-13/h1-8,16,18H,(H,17,19). The number of anilines is 1. The SMILES string of the molecule is O=c1[nH]c2ccc(NS(=O)(=O)c3cccs3)cc2c2cc[nH]c12. The lowest BCUT2D eigenvalue weighted by Crippen LogP contribution is -2.11. The number of fused-ring (bicyclic) bond motifs is 3. The predicted molar refractivity (Wildman–Crippen MR) is 91.6 cm³/mol. The Morgan fingerprint density at radius 3 is 2.74 bits per heavy atom. The summed E-state index contributed by atoms with van der Waals surface area (Å²) < 4.78 is 27.4. The molecule has 3 heterocycles. The van der Waals surface area contributed by atoms with Gasteiger partial charge in [-0.25, -0.2) is 8.42 Å². The molecule has 4 rings (SSSR count). The van der Waals surface area contributed by atoms with E-state index < -0.39 is 10.0 Å². The summed E-state index contributed by atoms with van der Waals surface area (Å²) in [6, 6.07) is 10.1. The van der Waals surface area contributed by atoms with Crippen molar-refractivity contribution in [3.63, 3.8) is 0 Å². The van der Waals surface area contributed by atoms with Gasteiger partial charge in [-0.1, -0.05) is 6.07 Å². The fourth-order valence-corrected chi connectivity index (χ4v) is 4.57. The Labute approximate surface area is 134 Å². The molecule has 0 atom stereocenters. The summed E-state index contributed by atoms with van der Waals surface area (Å²) >= 11 is 1.16. The molecule has 0 aliphatic carbocycles. The Morgan fingerprint density at radius 2 is 1.96 bits per heavy atom. The van der Waals surface area contributed by atoms with Gasteiger partial charge in [0.05, 0.1) is 0 Å². The molecule has 6 nitrogen and oxygen atoms in total. The van der Waals surface area contributed by atoms with Gasteiger partial charge in [0.15, 0.2) is 0 Å². The lowest BCUT2D eigenvalue weighted by Gasteiger charge is -2.08. The van der Waals surface area contributed by atoms with Crippen LogP contribution in [0.2, 0.25) is 0 Å². The first kappa shape index (κ1) is 14.0. The van der Waals surface area contributed by atoms with Crippen molar-refractivity contribution in [1.82, 2.24) is 9.97 Å². The first-order chi connectivity index (χ1) is 11.0. The number of sulfonamides is 1. The van der Waals surface area contributed by atoms with Gasteiger partial charge in [-0.05, 0) is 35.7 Å². The Hall–Kier alpha value is -2.58. The first-order valence-corrected chi connectivity index (χ1v) is 9.10. The Balaban J connectivity index is 1.86. The van der Waals surface area contributed by atoms with E-state index in [1.54, 1.807) is 48.0 Å². The molecule has 0 aliphatic rings. The fourth-order valence-electron chi connectivity index (χ4n) is 2.53. The summed E-state index contributed by atoms with van der Waals surface area (Å²) in [5.41, 5.74) is 1.36. The van der Waals surface area contributed by atoms with Gasteiger partial charge in [-0.15, -0.1) is 11.3 Å². The molecule has 0 bridgehead atoms. The minimum Gasteiger partial charge on any atom is -0.357 e. The second-order valence-electron chi connectivity index (χ2n) is 5.02. The van der Waals surface area contributed by atoms with Gasteiger partial charge in [0.1, 0.15) is 9.73 Å². The van der Waals surface area contributed by atoms with Crippen molar-refractivity contribution < 1.29 is 8.42 Å². The van der Waals surface area contributed by atoms with Gasteiger partial charge < -0.3 is 9.97 Å². The summed E-state index contributed by atoms with van der Waals surface area (Å²) in [6.07, 6.45) is 1.68. The number of pyridine rings is 1. The molecule has 0 spiro atoms. The second kappa shape index (κ2) is 4.97. The van der Waals surface area contributed by atoms with Crippen LogP contribution in [0, 0.1) is 0 Å². The van der Waals surface area contributed by atoms with Crippen LogP contribution in [-0.2, 0) is 10.0 Å². The molecule has 0 saturated heterocycles. The maximum Gasteiger partial charge on any atom is 0.272 e. The summed E-state index contributed by atoms with van der Waals surface area (Å²) in [7, 11) is -3.60. The highest BCUT2D eigenvalue weighted by Gasteiger charge is 2.16. The van der Waals surface area contributed by atoms with Crippen molar-refractivity contribution >= 4 is 48.9 Å². The topological polar surface area (TPSA) is 94.8 Å². The maximum atomic E-state index is 12.3. The van der Waals surface area contributed by atoms with E-state index in [4.69, 9.17) is 0 Å². The van der Waals surface area contributed by atoms with Crippen LogP contribution in [-0.4, -0.2) is 18.4 Å². The van der Waals surface area contributed by atoms with Crippen LogP contribution in [0.25, 0.3) is 21.8 Å². The van der Waals surface area contributed by atoms with Crippen molar-refractivity contribution in [2.75, 3.05) is 4.72 Å². The molecule has 0 fully saturated rings. The summed E-state index contributed by atoms with van der Waals surface area (Å²) in [5.74, 6) is 0. The van der Waals surface area contributed by atoms with Gasteiger partial charge in [0.2, 0.25) is 0 Å². The van der Waals surface area contributed by atoms with Crippen LogP contribution in [0.1, 0.15) is 0 Å². The van der Waals surface area contributed by atoms with E-state index in [1.165, 1.54) is 0 Å². The van der Waals surface area contributed by atoms with Gasteiger partial charge >= 0.3 is 0 Å². The van der Waals surface area contributed by atoms with E-state index >= 15 is 0 Å². The number of H-pyrrole nitrogens is 2. The molecular weight excluding hydrogens is 334 g/mol. The number of benzene rings is 1. The molecule has 23 heavy (non-hydrogen) atoms. The van der Waals surface area contributed by atoms with Crippen LogP contribution >= 0.6 is 11.3 Å². The van der Waals surface area contributed by atoms with E-state index in [0.29, 0.717) is 16.7 Å². The average molecular weight is 345 g/mol. The Bertz CT molecular complexity index is 1170. The smallest absolute Gasteiger partial charge is 0.272 e. The molecule has 0 aliphatic heterocycles. The quantitative estimate of drug-likeness (QED) is 0.533. The van der Waals surface area contributed by atoms with Gasteiger partial charge in [-0.3, -0.25) is 9.52 Å². The predicted octanol–water partition coefficient (Wildman–Crippen LogP) is 2.87. The van der Waals surface area contributed by atoms with Gasteiger partial charge in [0, 0.05) is 28.2 Å². The van der Waals surface area contributed by atoms with Crippen LogP contribution in [0.15, 0.2) is 57.0 Å². The van der Waals surface area contributed by atoms with Crippen molar-refractivity contribution in [1.29, 1.82) is 0 Å². The number of rotatable bonds is 3. The molecule has 0 radical (unpaired) electrons. The lowest BCUT2D eigenvalue weighted by atomic mass is 10.1. The second-order valence-corrected chi connectivity index (χ2v) is 7.88. The zero-order valence-corrected chi connectivity index (χ0v) is 13.3. The molecule has 0 unspecified atom stereocenters. The highest BCUT2D eigenvalue weighted by atomic mass is 32.2. The minimum atomic E-state index is -3.60. The fraction of sp³-hybridized carbons (Fsp3) is 0.